The molecule has 0 saturated carbocycles. The number of aromatic nitrogens is 1. The lowest BCUT2D eigenvalue weighted by Gasteiger charge is -2.27. The monoisotopic (exact) mass is 371 g/mol. The van der Waals surface area contributed by atoms with Crippen molar-refractivity contribution in [2.75, 3.05) is 27.4 Å². The quantitative estimate of drug-likeness (QED) is 0.809. The third kappa shape index (κ3) is 3.08. The summed E-state index contributed by atoms with van der Waals surface area (Å²) >= 11 is 0. The fraction of sp³-hybridized carbons (Fsp3) is 0.476. The van der Waals surface area contributed by atoms with Crippen LogP contribution in [0.5, 0.6) is 17.2 Å². The molecule has 3 heterocycles. The lowest BCUT2D eigenvalue weighted by Crippen LogP contribution is -2.28. The van der Waals surface area contributed by atoms with Crippen LogP contribution in [0.25, 0.3) is 11.3 Å². The van der Waals surface area contributed by atoms with Crippen LogP contribution in [0.2, 0.25) is 0 Å². The van der Waals surface area contributed by atoms with Gasteiger partial charge in [-0.3, -0.25) is 4.79 Å². The summed E-state index contributed by atoms with van der Waals surface area (Å²) in [5, 5.41) is 0. The molecule has 0 spiro atoms. The summed E-state index contributed by atoms with van der Waals surface area (Å²) in [6, 6.07) is 5.48. The van der Waals surface area contributed by atoms with Crippen molar-refractivity contribution in [1.29, 1.82) is 0 Å². The highest BCUT2D eigenvalue weighted by molar-refractivity contribution is 5.75. The van der Waals surface area contributed by atoms with Gasteiger partial charge in [-0.15, -0.1) is 0 Å². The molecule has 1 aromatic heterocycles. The van der Waals surface area contributed by atoms with Crippen molar-refractivity contribution in [2.24, 2.45) is 0 Å². The molecule has 0 N–H and O–H groups in total. The van der Waals surface area contributed by atoms with Crippen molar-refractivity contribution in [1.82, 2.24) is 4.57 Å². The van der Waals surface area contributed by atoms with E-state index in [-0.39, 0.29) is 11.7 Å². The Bertz CT molecular complexity index is 912. The van der Waals surface area contributed by atoms with Gasteiger partial charge in [-0.05, 0) is 38.3 Å². The van der Waals surface area contributed by atoms with Crippen molar-refractivity contribution in [3.05, 3.63) is 39.7 Å². The Morgan fingerprint density at radius 2 is 2.07 bits per heavy atom. The average molecular weight is 371 g/mol. The van der Waals surface area contributed by atoms with E-state index in [0.29, 0.717) is 24.7 Å². The van der Waals surface area contributed by atoms with E-state index < -0.39 is 0 Å². The van der Waals surface area contributed by atoms with Crippen LogP contribution in [0.4, 0.5) is 0 Å². The summed E-state index contributed by atoms with van der Waals surface area (Å²) < 4.78 is 24.5. The number of methoxy groups -OCH3 is 2. The fourth-order valence-corrected chi connectivity index (χ4v) is 4.09. The van der Waals surface area contributed by atoms with Crippen LogP contribution in [0, 0.1) is 6.92 Å². The van der Waals surface area contributed by atoms with E-state index in [1.165, 1.54) is 0 Å². The lowest BCUT2D eigenvalue weighted by atomic mass is 9.93. The Morgan fingerprint density at radius 3 is 2.78 bits per heavy atom. The first-order chi connectivity index (χ1) is 13.1. The van der Waals surface area contributed by atoms with Crippen LogP contribution >= 0.6 is 0 Å². The third-order valence-corrected chi connectivity index (χ3v) is 5.45. The van der Waals surface area contributed by atoms with Gasteiger partial charge in [0.25, 0.3) is 5.56 Å². The maximum absolute atomic E-state index is 12.7. The van der Waals surface area contributed by atoms with Gasteiger partial charge >= 0.3 is 0 Å². The number of benzene rings is 1. The number of hydrogen-bond donors (Lipinski definition) is 0. The zero-order chi connectivity index (χ0) is 19.0. The summed E-state index contributed by atoms with van der Waals surface area (Å²) in [6.07, 6.45) is 2.90. The SMILES string of the molecule is COc1ccc2c(c1OC)CCn1c-2c(C)c(OCC2CCCO2)cc1=O. The van der Waals surface area contributed by atoms with Gasteiger partial charge < -0.3 is 23.5 Å². The number of nitrogens with zero attached hydrogens (tertiary/aromatic N) is 1. The highest BCUT2D eigenvalue weighted by atomic mass is 16.5. The zero-order valence-electron chi connectivity index (χ0n) is 16.0. The van der Waals surface area contributed by atoms with E-state index >= 15 is 0 Å². The molecule has 2 aliphatic rings. The molecule has 27 heavy (non-hydrogen) atoms. The van der Waals surface area contributed by atoms with Crippen LogP contribution in [0.15, 0.2) is 23.0 Å². The highest BCUT2D eigenvalue weighted by Gasteiger charge is 2.26. The minimum absolute atomic E-state index is 0.0432. The van der Waals surface area contributed by atoms with Gasteiger partial charge in [0.1, 0.15) is 12.4 Å². The van der Waals surface area contributed by atoms with Crippen LogP contribution in [0.3, 0.4) is 0 Å². The molecule has 0 amide bonds. The third-order valence-electron chi connectivity index (χ3n) is 5.45. The lowest BCUT2D eigenvalue weighted by molar-refractivity contribution is 0.0676. The molecule has 1 aromatic carbocycles. The van der Waals surface area contributed by atoms with Gasteiger partial charge in [-0.1, -0.05) is 0 Å². The Morgan fingerprint density at radius 1 is 1.22 bits per heavy atom. The smallest absolute Gasteiger partial charge is 0.254 e. The Balaban J connectivity index is 1.78. The maximum Gasteiger partial charge on any atom is 0.254 e. The first-order valence-corrected chi connectivity index (χ1v) is 9.37. The van der Waals surface area contributed by atoms with Crippen molar-refractivity contribution in [3.63, 3.8) is 0 Å². The molecule has 4 rings (SSSR count). The van der Waals surface area contributed by atoms with Crippen LogP contribution in [0.1, 0.15) is 24.0 Å². The topological polar surface area (TPSA) is 58.9 Å². The normalized spacial score (nSPS) is 18.0. The number of ether oxygens (including phenoxy) is 4. The molecule has 1 fully saturated rings. The molecule has 1 atom stereocenters. The zero-order valence-corrected chi connectivity index (χ0v) is 16.0. The number of pyridine rings is 1. The molecule has 2 aliphatic heterocycles. The number of rotatable bonds is 5. The van der Waals surface area contributed by atoms with Crippen LogP contribution in [-0.4, -0.2) is 38.1 Å². The van der Waals surface area contributed by atoms with Crippen LogP contribution in [-0.2, 0) is 17.7 Å². The van der Waals surface area contributed by atoms with Crippen molar-refractivity contribution in [2.45, 2.75) is 38.8 Å². The maximum atomic E-state index is 12.7. The summed E-state index contributed by atoms with van der Waals surface area (Å²) in [5.74, 6) is 2.07. The van der Waals surface area contributed by atoms with Gasteiger partial charge in [0.2, 0.25) is 0 Å². The second-order valence-electron chi connectivity index (χ2n) is 7.00. The molecule has 1 saturated heterocycles. The van der Waals surface area contributed by atoms with Gasteiger partial charge in [0.15, 0.2) is 11.5 Å². The summed E-state index contributed by atoms with van der Waals surface area (Å²) in [5.41, 5.74) is 3.87. The summed E-state index contributed by atoms with van der Waals surface area (Å²) in [7, 11) is 3.28. The van der Waals surface area contributed by atoms with E-state index in [2.05, 4.69) is 0 Å². The first-order valence-electron chi connectivity index (χ1n) is 9.37. The Hall–Kier alpha value is -2.47. The van der Waals surface area contributed by atoms with Gasteiger partial charge in [-0.2, -0.15) is 0 Å². The molecular weight excluding hydrogens is 346 g/mol. The predicted molar refractivity (Wildman–Crippen MR) is 102 cm³/mol. The second-order valence-corrected chi connectivity index (χ2v) is 7.00. The molecule has 0 bridgehead atoms. The Kier molecular flexibility index (Phi) is 4.83. The van der Waals surface area contributed by atoms with E-state index in [1.54, 1.807) is 20.3 Å². The molecular formula is C21H25NO5. The molecule has 144 valence electrons. The van der Waals surface area contributed by atoms with Gasteiger partial charge in [-0.25, -0.2) is 0 Å². The van der Waals surface area contributed by atoms with Crippen molar-refractivity contribution >= 4 is 0 Å². The van der Waals surface area contributed by atoms with Crippen LogP contribution < -0.4 is 19.8 Å². The van der Waals surface area contributed by atoms with E-state index in [1.807, 2.05) is 23.6 Å². The average Bonchev–Trinajstić information content (AvgIpc) is 3.21. The molecule has 2 aromatic rings. The molecule has 6 heteroatoms. The van der Waals surface area contributed by atoms with Gasteiger partial charge in [0.05, 0.1) is 26.0 Å². The largest absolute Gasteiger partial charge is 0.493 e. The summed E-state index contributed by atoms with van der Waals surface area (Å²) in [6.45, 7) is 3.87. The molecule has 6 nitrogen and oxygen atoms in total. The predicted octanol–water partition coefficient (Wildman–Crippen LogP) is 2.95. The molecule has 1 unspecified atom stereocenters. The number of fused-ring (bicyclic) bond motifs is 3. The highest BCUT2D eigenvalue weighted by Crippen LogP contribution is 2.42. The first kappa shape index (κ1) is 17.9. The molecule has 0 radical (unpaired) electrons. The van der Waals surface area contributed by atoms with Gasteiger partial charge in [0, 0.05) is 35.9 Å². The Labute approximate surface area is 158 Å². The number of hydrogen-bond acceptors (Lipinski definition) is 5. The van der Waals surface area contributed by atoms with Crippen molar-refractivity contribution in [3.8, 4) is 28.5 Å². The molecule has 0 aliphatic carbocycles. The fourth-order valence-electron chi connectivity index (χ4n) is 4.09. The standard InChI is InChI=1S/C21H25NO5/c1-13-18(27-12-14-5-4-10-26-14)11-19(23)22-9-8-16-15(20(13)22)6-7-17(24-2)21(16)25-3/h6-7,11,14H,4-5,8-10,12H2,1-3H3. The summed E-state index contributed by atoms with van der Waals surface area (Å²) in [4.78, 5) is 12.7. The van der Waals surface area contributed by atoms with E-state index in [0.717, 1.165) is 54.0 Å². The minimum atomic E-state index is -0.0432. The second kappa shape index (κ2) is 7.27. The van der Waals surface area contributed by atoms with E-state index in [4.69, 9.17) is 18.9 Å². The van der Waals surface area contributed by atoms with Crippen molar-refractivity contribution < 1.29 is 18.9 Å². The minimum Gasteiger partial charge on any atom is -0.493 e. The van der Waals surface area contributed by atoms with E-state index in [9.17, 15) is 4.79 Å².